The second kappa shape index (κ2) is 9.13. The summed E-state index contributed by atoms with van der Waals surface area (Å²) in [5.74, 6) is 0.336. The highest BCUT2D eigenvalue weighted by atomic mass is 16.1. The molecular weight excluding hydrogens is 348 g/mol. The summed E-state index contributed by atoms with van der Waals surface area (Å²) in [6.07, 6.45) is 2.50. The lowest BCUT2D eigenvalue weighted by Crippen LogP contribution is -2.25. The number of rotatable bonds is 7. The first-order valence-electron chi connectivity index (χ1n) is 9.64. The van der Waals surface area contributed by atoms with Crippen molar-refractivity contribution in [3.05, 3.63) is 83.2 Å². The van der Waals surface area contributed by atoms with E-state index in [-0.39, 0.29) is 5.91 Å². The van der Waals surface area contributed by atoms with Crippen molar-refractivity contribution in [1.82, 2.24) is 9.97 Å². The molecule has 0 fully saturated rings. The molecule has 1 N–H and O–H groups in total. The molecule has 3 aromatic rings. The Morgan fingerprint density at radius 3 is 2.54 bits per heavy atom. The van der Waals surface area contributed by atoms with Crippen molar-refractivity contribution >= 4 is 17.5 Å². The van der Waals surface area contributed by atoms with E-state index in [2.05, 4.69) is 46.2 Å². The molecule has 0 aliphatic carbocycles. The van der Waals surface area contributed by atoms with Crippen molar-refractivity contribution < 1.29 is 4.79 Å². The van der Waals surface area contributed by atoms with Crippen LogP contribution in [0, 0.1) is 6.92 Å². The summed E-state index contributed by atoms with van der Waals surface area (Å²) in [7, 11) is 0. The molecular formula is C23H26N4O. The number of anilines is 2. The van der Waals surface area contributed by atoms with E-state index in [0.29, 0.717) is 18.2 Å². The Morgan fingerprint density at radius 1 is 1.04 bits per heavy atom. The Balaban J connectivity index is 1.81. The van der Waals surface area contributed by atoms with E-state index in [1.54, 1.807) is 12.3 Å². The van der Waals surface area contributed by atoms with Crippen LogP contribution in [0.2, 0.25) is 0 Å². The van der Waals surface area contributed by atoms with Crippen LogP contribution in [0.5, 0.6) is 0 Å². The Hall–Kier alpha value is -3.21. The van der Waals surface area contributed by atoms with E-state index in [4.69, 9.17) is 0 Å². The van der Waals surface area contributed by atoms with Crippen LogP contribution in [0.4, 0.5) is 11.6 Å². The molecule has 0 aliphatic heterocycles. The molecule has 144 valence electrons. The summed E-state index contributed by atoms with van der Waals surface area (Å²) < 4.78 is 0. The van der Waals surface area contributed by atoms with Crippen molar-refractivity contribution in [2.24, 2.45) is 0 Å². The number of nitrogens with one attached hydrogen (secondary N) is 1. The highest BCUT2D eigenvalue weighted by Crippen LogP contribution is 2.22. The minimum atomic E-state index is -0.219. The van der Waals surface area contributed by atoms with Gasteiger partial charge in [0.2, 0.25) is 5.95 Å². The molecule has 28 heavy (non-hydrogen) atoms. The minimum Gasteiger partial charge on any atom is -0.337 e. The first-order valence-corrected chi connectivity index (χ1v) is 9.64. The van der Waals surface area contributed by atoms with E-state index < -0.39 is 0 Å². The molecule has 0 saturated carbocycles. The van der Waals surface area contributed by atoms with Crippen LogP contribution in [0.1, 0.15) is 41.0 Å². The van der Waals surface area contributed by atoms with Gasteiger partial charge in [0.15, 0.2) is 0 Å². The molecule has 0 aliphatic rings. The zero-order valence-electron chi connectivity index (χ0n) is 16.6. The van der Waals surface area contributed by atoms with Crippen LogP contribution in [-0.4, -0.2) is 22.4 Å². The van der Waals surface area contributed by atoms with Gasteiger partial charge in [-0.1, -0.05) is 55.5 Å². The number of carbonyl (C=O) groups excluding carboxylic acids is 1. The lowest BCUT2D eigenvalue weighted by atomic mass is 10.1. The maximum Gasteiger partial charge on any atom is 0.274 e. The van der Waals surface area contributed by atoms with Gasteiger partial charge in [0.1, 0.15) is 5.69 Å². The third-order valence-corrected chi connectivity index (χ3v) is 4.73. The fraction of sp³-hybridized carbons (Fsp3) is 0.261. The average Bonchev–Trinajstić information content (AvgIpc) is 2.74. The molecule has 5 heteroatoms. The Bertz CT molecular complexity index is 940. The number of amides is 1. The molecule has 0 atom stereocenters. The van der Waals surface area contributed by atoms with Gasteiger partial charge in [-0.15, -0.1) is 0 Å². The molecule has 1 heterocycles. The monoisotopic (exact) mass is 374 g/mol. The highest BCUT2D eigenvalue weighted by molar-refractivity contribution is 6.03. The first kappa shape index (κ1) is 19.5. The van der Waals surface area contributed by atoms with E-state index >= 15 is 0 Å². The van der Waals surface area contributed by atoms with Crippen LogP contribution in [0.15, 0.2) is 60.8 Å². The molecule has 1 amide bonds. The van der Waals surface area contributed by atoms with Crippen molar-refractivity contribution in [2.45, 2.75) is 33.7 Å². The number of carbonyl (C=O) groups is 1. The van der Waals surface area contributed by atoms with Crippen molar-refractivity contribution in [1.29, 1.82) is 0 Å². The van der Waals surface area contributed by atoms with Crippen LogP contribution in [0.25, 0.3) is 0 Å². The van der Waals surface area contributed by atoms with Gasteiger partial charge in [0, 0.05) is 25.0 Å². The molecule has 0 bridgehead atoms. The van der Waals surface area contributed by atoms with Crippen LogP contribution in [-0.2, 0) is 13.0 Å². The third-order valence-electron chi connectivity index (χ3n) is 4.73. The van der Waals surface area contributed by atoms with Gasteiger partial charge in [-0.3, -0.25) is 4.79 Å². The predicted molar refractivity (Wildman–Crippen MR) is 114 cm³/mol. The molecule has 0 unspecified atom stereocenters. The fourth-order valence-corrected chi connectivity index (χ4v) is 3.13. The third kappa shape index (κ3) is 4.55. The smallest absolute Gasteiger partial charge is 0.274 e. The number of hydrogen-bond donors (Lipinski definition) is 1. The van der Waals surface area contributed by atoms with Gasteiger partial charge in [0.05, 0.1) is 0 Å². The topological polar surface area (TPSA) is 58.1 Å². The number of nitrogens with zero attached hydrogens (tertiary/aromatic N) is 3. The summed E-state index contributed by atoms with van der Waals surface area (Å²) in [5, 5.41) is 3.03. The summed E-state index contributed by atoms with van der Waals surface area (Å²) in [4.78, 5) is 23.8. The zero-order chi connectivity index (χ0) is 19.9. The van der Waals surface area contributed by atoms with Crippen molar-refractivity contribution in [2.75, 3.05) is 16.8 Å². The molecule has 2 aromatic carbocycles. The van der Waals surface area contributed by atoms with Crippen LogP contribution in [0.3, 0.4) is 0 Å². The second-order valence-corrected chi connectivity index (χ2v) is 6.66. The molecule has 0 radical (unpaired) electrons. The van der Waals surface area contributed by atoms with E-state index in [1.165, 1.54) is 5.56 Å². The fourth-order valence-electron chi connectivity index (χ4n) is 3.13. The number of hydrogen-bond acceptors (Lipinski definition) is 4. The number of para-hydroxylation sites is 1. The largest absolute Gasteiger partial charge is 0.337 e. The quantitative estimate of drug-likeness (QED) is 0.655. The van der Waals surface area contributed by atoms with Gasteiger partial charge in [0.25, 0.3) is 5.91 Å². The summed E-state index contributed by atoms with van der Waals surface area (Å²) in [5.41, 5.74) is 4.56. The van der Waals surface area contributed by atoms with Gasteiger partial charge in [-0.05, 0) is 43.0 Å². The zero-order valence-corrected chi connectivity index (χ0v) is 16.6. The van der Waals surface area contributed by atoms with E-state index in [9.17, 15) is 4.79 Å². The second-order valence-electron chi connectivity index (χ2n) is 6.66. The Morgan fingerprint density at radius 2 is 1.82 bits per heavy atom. The maximum absolute atomic E-state index is 12.8. The summed E-state index contributed by atoms with van der Waals surface area (Å²) in [6, 6.07) is 17.9. The van der Waals surface area contributed by atoms with E-state index in [1.807, 2.05) is 43.3 Å². The summed E-state index contributed by atoms with van der Waals surface area (Å²) in [6.45, 7) is 7.58. The lowest BCUT2D eigenvalue weighted by molar-refractivity contribution is 0.102. The number of aryl methyl sites for hydroxylation is 2. The lowest BCUT2D eigenvalue weighted by Gasteiger charge is -2.21. The molecule has 0 saturated heterocycles. The van der Waals surface area contributed by atoms with E-state index in [0.717, 1.165) is 29.8 Å². The van der Waals surface area contributed by atoms with Crippen LogP contribution < -0.4 is 10.2 Å². The Kier molecular flexibility index (Phi) is 6.37. The number of benzene rings is 2. The average molecular weight is 374 g/mol. The normalized spacial score (nSPS) is 10.5. The van der Waals surface area contributed by atoms with Gasteiger partial charge in [-0.2, -0.15) is 0 Å². The van der Waals surface area contributed by atoms with Crippen molar-refractivity contribution in [3.8, 4) is 0 Å². The van der Waals surface area contributed by atoms with Gasteiger partial charge in [-0.25, -0.2) is 9.97 Å². The SMILES string of the molecule is CCc1cccc(C)c1NC(=O)c1ccnc(N(CC)Cc2ccccc2)n1. The Labute approximate surface area is 166 Å². The molecule has 0 spiro atoms. The first-order chi connectivity index (χ1) is 13.6. The standard InChI is InChI=1S/C23H26N4O/c1-4-19-13-9-10-17(3)21(19)26-22(28)20-14-15-24-23(25-20)27(5-2)16-18-11-7-6-8-12-18/h6-15H,4-5,16H2,1-3H3,(H,26,28). The summed E-state index contributed by atoms with van der Waals surface area (Å²) >= 11 is 0. The van der Waals surface area contributed by atoms with Crippen molar-refractivity contribution in [3.63, 3.8) is 0 Å². The number of aromatic nitrogens is 2. The predicted octanol–water partition coefficient (Wildman–Crippen LogP) is 4.63. The molecule has 3 rings (SSSR count). The van der Waals surface area contributed by atoms with Gasteiger partial charge < -0.3 is 10.2 Å². The minimum absolute atomic E-state index is 0.219. The maximum atomic E-state index is 12.8. The molecule has 5 nitrogen and oxygen atoms in total. The highest BCUT2D eigenvalue weighted by Gasteiger charge is 2.15. The van der Waals surface area contributed by atoms with Crippen LogP contribution >= 0.6 is 0 Å². The molecule has 1 aromatic heterocycles. The van der Waals surface area contributed by atoms with Gasteiger partial charge >= 0.3 is 0 Å².